The van der Waals surface area contributed by atoms with Crippen molar-refractivity contribution in [2.24, 2.45) is 0 Å². The molecule has 22 heavy (non-hydrogen) atoms. The Morgan fingerprint density at radius 1 is 0.955 bits per heavy atom. The quantitative estimate of drug-likeness (QED) is 0.518. The van der Waals surface area contributed by atoms with Gasteiger partial charge in [0.15, 0.2) is 6.29 Å². The van der Waals surface area contributed by atoms with Crippen molar-refractivity contribution in [3.8, 4) is 0 Å². The van der Waals surface area contributed by atoms with Crippen molar-refractivity contribution >= 4 is 29.1 Å². The van der Waals surface area contributed by atoms with Crippen LogP contribution in [-0.4, -0.2) is 44.8 Å². The summed E-state index contributed by atoms with van der Waals surface area (Å²) < 4.78 is 9.78. The van der Waals surface area contributed by atoms with Crippen LogP contribution in [0.25, 0.3) is 0 Å². The molecule has 3 N–H and O–H groups in total. The fourth-order valence-corrected chi connectivity index (χ4v) is 1.55. The molecule has 0 bridgehead atoms. The molecule has 0 aliphatic rings. The average Bonchev–Trinajstić information content (AvgIpc) is 2.49. The van der Waals surface area contributed by atoms with Gasteiger partial charge in [0.2, 0.25) is 5.91 Å². The van der Waals surface area contributed by atoms with Crippen molar-refractivity contribution in [1.29, 1.82) is 0 Å². The Morgan fingerprint density at radius 2 is 1.45 bits per heavy atom. The SMILES string of the molecule is COC(CNC(=O)C(=O)Nc1ccc(NC(C)=O)cc1)OC. The van der Waals surface area contributed by atoms with E-state index in [9.17, 15) is 14.4 Å². The van der Waals surface area contributed by atoms with E-state index in [4.69, 9.17) is 9.47 Å². The van der Waals surface area contributed by atoms with Gasteiger partial charge in [-0.15, -0.1) is 0 Å². The van der Waals surface area contributed by atoms with E-state index in [-0.39, 0.29) is 12.5 Å². The number of hydrogen-bond acceptors (Lipinski definition) is 5. The molecule has 0 radical (unpaired) electrons. The number of ether oxygens (including phenoxy) is 2. The molecule has 0 aliphatic heterocycles. The van der Waals surface area contributed by atoms with Crippen LogP contribution in [-0.2, 0) is 23.9 Å². The van der Waals surface area contributed by atoms with Gasteiger partial charge >= 0.3 is 11.8 Å². The first kappa shape index (κ1) is 17.6. The van der Waals surface area contributed by atoms with Crippen LogP contribution >= 0.6 is 0 Å². The highest BCUT2D eigenvalue weighted by atomic mass is 16.7. The number of nitrogens with one attached hydrogen (secondary N) is 3. The second kappa shape index (κ2) is 8.75. The van der Waals surface area contributed by atoms with E-state index in [1.165, 1.54) is 21.1 Å². The van der Waals surface area contributed by atoms with Crippen LogP contribution in [0.15, 0.2) is 24.3 Å². The van der Waals surface area contributed by atoms with Crippen LogP contribution in [0.5, 0.6) is 0 Å². The van der Waals surface area contributed by atoms with Crippen LogP contribution < -0.4 is 16.0 Å². The fraction of sp³-hybridized carbons (Fsp3) is 0.357. The van der Waals surface area contributed by atoms with E-state index in [0.717, 1.165) is 0 Å². The molecule has 8 heteroatoms. The fourth-order valence-electron chi connectivity index (χ4n) is 1.55. The largest absolute Gasteiger partial charge is 0.354 e. The van der Waals surface area contributed by atoms with Gasteiger partial charge in [-0.1, -0.05) is 0 Å². The monoisotopic (exact) mass is 309 g/mol. The van der Waals surface area contributed by atoms with E-state index < -0.39 is 18.1 Å². The van der Waals surface area contributed by atoms with Gasteiger partial charge in [0.05, 0.1) is 6.54 Å². The van der Waals surface area contributed by atoms with E-state index in [1.54, 1.807) is 24.3 Å². The smallest absolute Gasteiger partial charge is 0.313 e. The minimum atomic E-state index is -0.807. The molecule has 1 aromatic carbocycles. The average molecular weight is 309 g/mol. The Morgan fingerprint density at radius 3 is 1.91 bits per heavy atom. The topological polar surface area (TPSA) is 106 Å². The summed E-state index contributed by atoms with van der Waals surface area (Å²) in [5, 5.41) is 7.42. The Hall–Kier alpha value is -2.45. The normalized spacial score (nSPS) is 10.2. The number of anilines is 2. The van der Waals surface area contributed by atoms with Crippen molar-refractivity contribution in [3.05, 3.63) is 24.3 Å². The maximum absolute atomic E-state index is 11.7. The minimum absolute atomic E-state index is 0.0563. The molecule has 0 heterocycles. The molecule has 0 spiro atoms. The third kappa shape index (κ3) is 5.90. The summed E-state index contributed by atoms with van der Waals surface area (Å²) in [5.41, 5.74) is 1.03. The van der Waals surface area contributed by atoms with Crippen LogP contribution in [0.2, 0.25) is 0 Å². The third-order valence-corrected chi connectivity index (χ3v) is 2.62. The number of benzene rings is 1. The van der Waals surface area contributed by atoms with Crippen LogP contribution in [0.1, 0.15) is 6.92 Å². The van der Waals surface area contributed by atoms with Gasteiger partial charge in [0.25, 0.3) is 0 Å². The molecular formula is C14H19N3O5. The van der Waals surface area contributed by atoms with Gasteiger partial charge in [-0.05, 0) is 24.3 Å². The first-order valence-electron chi connectivity index (χ1n) is 6.48. The predicted octanol–water partition coefficient (Wildman–Crippen LogP) is 0.319. The molecule has 0 saturated carbocycles. The zero-order valence-electron chi connectivity index (χ0n) is 12.6. The number of carbonyl (C=O) groups excluding carboxylic acids is 3. The van der Waals surface area contributed by atoms with Crippen molar-refractivity contribution in [2.45, 2.75) is 13.2 Å². The maximum atomic E-state index is 11.7. The first-order valence-corrected chi connectivity index (χ1v) is 6.48. The van der Waals surface area contributed by atoms with Crippen molar-refractivity contribution in [3.63, 3.8) is 0 Å². The first-order chi connectivity index (χ1) is 10.5. The van der Waals surface area contributed by atoms with Gasteiger partial charge in [-0.3, -0.25) is 14.4 Å². The van der Waals surface area contributed by atoms with E-state index in [1.807, 2.05) is 0 Å². The lowest BCUT2D eigenvalue weighted by atomic mass is 10.2. The highest BCUT2D eigenvalue weighted by Crippen LogP contribution is 2.13. The zero-order chi connectivity index (χ0) is 16.5. The molecule has 1 aromatic rings. The molecule has 0 aromatic heterocycles. The summed E-state index contributed by atoms with van der Waals surface area (Å²) in [6.45, 7) is 1.45. The van der Waals surface area contributed by atoms with Gasteiger partial charge in [0.1, 0.15) is 0 Å². The van der Waals surface area contributed by atoms with Gasteiger partial charge < -0.3 is 25.4 Å². The third-order valence-electron chi connectivity index (χ3n) is 2.62. The molecular weight excluding hydrogens is 290 g/mol. The lowest BCUT2D eigenvalue weighted by molar-refractivity contribution is -0.139. The Bertz CT molecular complexity index is 526. The highest BCUT2D eigenvalue weighted by Gasteiger charge is 2.15. The van der Waals surface area contributed by atoms with E-state index in [0.29, 0.717) is 11.4 Å². The van der Waals surface area contributed by atoms with Gasteiger partial charge in [-0.25, -0.2) is 0 Å². The lowest BCUT2D eigenvalue weighted by Crippen LogP contribution is -2.40. The van der Waals surface area contributed by atoms with Crippen molar-refractivity contribution in [1.82, 2.24) is 5.32 Å². The summed E-state index contributed by atoms with van der Waals surface area (Å²) in [6, 6.07) is 6.37. The standard InChI is InChI=1S/C14H19N3O5/c1-9(18)16-10-4-6-11(7-5-10)17-14(20)13(19)15-8-12(21-2)22-3/h4-7,12H,8H2,1-3H3,(H,15,19)(H,16,18)(H,17,20). The van der Waals surface area contributed by atoms with E-state index in [2.05, 4.69) is 16.0 Å². The molecule has 0 aliphatic carbocycles. The molecule has 8 nitrogen and oxygen atoms in total. The molecule has 0 fully saturated rings. The Balaban J connectivity index is 2.50. The zero-order valence-corrected chi connectivity index (χ0v) is 12.6. The number of methoxy groups -OCH3 is 2. The molecule has 1 rings (SSSR count). The summed E-state index contributed by atoms with van der Waals surface area (Å²) >= 11 is 0. The molecule has 120 valence electrons. The maximum Gasteiger partial charge on any atom is 0.313 e. The highest BCUT2D eigenvalue weighted by molar-refractivity contribution is 6.39. The predicted molar refractivity (Wildman–Crippen MR) is 80.2 cm³/mol. The lowest BCUT2D eigenvalue weighted by Gasteiger charge is -2.13. The van der Waals surface area contributed by atoms with Crippen LogP contribution in [0.3, 0.4) is 0 Å². The summed E-state index contributed by atoms with van der Waals surface area (Å²) in [4.78, 5) is 34.2. The summed E-state index contributed by atoms with van der Waals surface area (Å²) in [6.07, 6.45) is -0.617. The molecule has 0 unspecified atom stereocenters. The number of amides is 3. The van der Waals surface area contributed by atoms with Crippen LogP contribution in [0.4, 0.5) is 11.4 Å². The summed E-state index contributed by atoms with van der Waals surface area (Å²) in [5.74, 6) is -1.80. The number of hydrogen-bond donors (Lipinski definition) is 3. The van der Waals surface area contributed by atoms with Gasteiger partial charge in [0, 0.05) is 32.5 Å². The second-order valence-corrected chi connectivity index (χ2v) is 4.32. The molecule has 3 amide bonds. The second-order valence-electron chi connectivity index (χ2n) is 4.32. The van der Waals surface area contributed by atoms with Crippen molar-refractivity contribution in [2.75, 3.05) is 31.4 Å². The minimum Gasteiger partial charge on any atom is -0.354 e. The number of carbonyl (C=O) groups is 3. The summed E-state index contributed by atoms with van der Waals surface area (Å²) in [7, 11) is 2.86. The Kier molecular flexibility index (Phi) is 7.00. The van der Waals surface area contributed by atoms with Gasteiger partial charge in [-0.2, -0.15) is 0 Å². The van der Waals surface area contributed by atoms with Crippen LogP contribution in [0, 0.1) is 0 Å². The van der Waals surface area contributed by atoms with E-state index >= 15 is 0 Å². The van der Waals surface area contributed by atoms with Crippen molar-refractivity contribution < 1.29 is 23.9 Å². The molecule has 0 atom stereocenters. The number of rotatable bonds is 6. The Labute approximate surface area is 128 Å². The molecule has 0 saturated heterocycles.